The van der Waals surface area contributed by atoms with Crippen molar-refractivity contribution in [2.75, 3.05) is 6.54 Å². The quantitative estimate of drug-likeness (QED) is 0.469. The zero-order valence-electron chi connectivity index (χ0n) is 15.3. The molecular formula is C21H19N3O3S. The lowest BCUT2D eigenvalue weighted by atomic mass is 10.1. The van der Waals surface area contributed by atoms with Gasteiger partial charge in [-0.15, -0.1) is 0 Å². The van der Waals surface area contributed by atoms with Crippen LogP contribution >= 0.6 is 11.8 Å². The van der Waals surface area contributed by atoms with Crippen LogP contribution in [0, 0.1) is 6.92 Å². The van der Waals surface area contributed by atoms with Crippen LogP contribution in [0.5, 0.6) is 0 Å². The van der Waals surface area contributed by atoms with E-state index in [1.165, 1.54) is 23.6 Å². The van der Waals surface area contributed by atoms with Crippen molar-refractivity contribution in [1.82, 2.24) is 15.3 Å². The molecule has 2 heterocycles. The highest BCUT2D eigenvalue weighted by molar-refractivity contribution is 7.98. The second kappa shape index (κ2) is 8.31. The Labute approximate surface area is 166 Å². The minimum atomic E-state index is -0.242. The SMILES string of the molecule is Cc1ccc2oc(SCc3nc(C(=O)NCCc4ccccc4)co3)nc2c1. The van der Waals surface area contributed by atoms with E-state index in [1.807, 2.05) is 55.5 Å². The fourth-order valence-electron chi connectivity index (χ4n) is 2.74. The van der Waals surface area contributed by atoms with Crippen LogP contribution in [0.4, 0.5) is 0 Å². The highest BCUT2D eigenvalue weighted by Crippen LogP contribution is 2.26. The number of aryl methyl sites for hydroxylation is 1. The summed E-state index contributed by atoms with van der Waals surface area (Å²) in [5.74, 6) is 0.647. The summed E-state index contributed by atoms with van der Waals surface area (Å²) in [5, 5.41) is 3.41. The molecule has 0 spiro atoms. The highest BCUT2D eigenvalue weighted by atomic mass is 32.2. The van der Waals surface area contributed by atoms with Crippen LogP contribution in [-0.2, 0) is 12.2 Å². The fourth-order valence-corrected chi connectivity index (χ4v) is 3.43. The molecule has 7 heteroatoms. The molecule has 4 rings (SSSR count). The number of aromatic nitrogens is 2. The molecule has 0 aliphatic carbocycles. The maximum atomic E-state index is 12.2. The third-order valence-corrected chi connectivity index (χ3v) is 4.98. The molecule has 0 fully saturated rings. The van der Waals surface area contributed by atoms with Gasteiger partial charge in [-0.2, -0.15) is 0 Å². The summed E-state index contributed by atoms with van der Waals surface area (Å²) in [7, 11) is 0. The monoisotopic (exact) mass is 393 g/mol. The summed E-state index contributed by atoms with van der Waals surface area (Å²) in [5.41, 5.74) is 4.16. The molecule has 4 aromatic rings. The van der Waals surface area contributed by atoms with Gasteiger partial charge in [-0.25, -0.2) is 9.97 Å². The predicted octanol–water partition coefficient (Wildman–Crippen LogP) is 4.39. The second-order valence-corrected chi connectivity index (χ2v) is 7.28. The van der Waals surface area contributed by atoms with Gasteiger partial charge >= 0.3 is 0 Å². The minimum Gasteiger partial charge on any atom is -0.447 e. The molecule has 0 aliphatic heterocycles. The summed E-state index contributed by atoms with van der Waals surface area (Å²) in [6.07, 6.45) is 2.15. The number of nitrogens with one attached hydrogen (secondary N) is 1. The van der Waals surface area contributed by atoms with Gasteiger partial charge in [0, 0.05) is 6.54 Å². The number of nitrogens with zero attached hydrogens (tertiary/aromatic N) is 2. The lowest BCUT2D eigenvalue weighted by Crippen LogP contribution is -2.26. The van der Waals surface area contributed by atoms with E-state index >= 15 is 0 Å². The summed E-state index contributed by atoms with van der Waals surface area (Å²) in [4.78, 5) is 20.9. The lowest BCUT2D eigenvalue weighted by molar-refractivity contribution is 0.0949. The molecule has 1 amide bonds. The lowest BCUT2D eigenvalue weighted by Gasteiger charge is -2.02. The van der Waals surface area contributed by atoms with Crippen molar-refractivity contribution in [3.05, 3.63) is 77.5 Å². The van der Waals surface area contributed by atoms with Crippen LogP contribution in [-0.4, -0.2) is 22.4 Å². The van der Waals surface area contributed by atoms with Gasteiger partial charge in [0.25, 0.3) is 11.1 Å². The van der Waals surface area contributed by atoms with Crippen molar-refractivity contribution in [2.24, 2.45) is 0 Å². The molecule has 0 saturated carbocycles. The normalized spacial score (nSPS) is 11.0. The summed E-state index contributed by atoms with van der Waals surface area (Å²) >= 11 is 1.38. The topological polar surface area (TPSA) is 81.2 Å². The van der Waals surface area contributed by atoms with Gasteiger partial charge in [-0.05, 0) is 36.6 Å². The van der Waals surface area contributed by atoms with Crippen molar-refractivity contribution < 1.29 is 13.6 Å². The Bertz CT molecular complexity index is 1090. The summed E-state index contributed by atoms with van der Waals surface area (Å²) in [6.45, 7) is 2.56. The van der Waals surface area contributed by atoms with Crippen molar-refractivity contribution in [1.29, 1.82) is 0 Å². The molecule has 1 N–H and O–H groups in total. The number of oxazole rings is 2. The van der Waals surface area contributed by atoms with Gasteiger partial charge in [-0.1, -0.05) is 48.2 Å². The Morgan fingerprint density at radius 1 is 1.14 bits per heavy atom. The molecule has 0 atom stereocenters. The zero-order valence-corrected chi connectivity index (χ0v) is 16.2. The first-order chi connectivity index (χ1) is 13.7. The van der Waals surface area contributed by atoms with Crippen LogP contribution in [0.25, 0.3) is 11.1 Å². The van der Waals surface area contributed by atoms with E-state index in [0.29, 0.717) is 23.4 Å². The average Bonchev–Trinajstić information content (AvgIpc) is 3.33. The first-order valence-electron chi connectivity index (χ1n) is 8.94. The van der Waals surface area contributed by atoms with Crippen molar-refractivity contribution >= 4 is 28.8 Å². The van der Waals surface area contributed by atoms with Crippen LogP contribution < -0.4 is 5.32 Å². The van der Waals surface area contributed by atoms with E-state index in [4.69, 9.17) is 8.83 Å². The van der Waals surface area contributed by atoms with E-state index in [1.54, 1.807) is 0 Å². The summed E-state index contributed by atoms with van der Waals surface area (Å²) in [6, 6.07) is 15.9. The molecule has 2 aromatic heterocycles. The van der Waals surface area contributed by atoms with E-state index in [2.05, 4.69) is 15.3 Å². The molecule has 0 bridgehead atoms. The van der Waals surface area contributed by atoms with Crippen LogP contribution in [0.2, 0.25) is 0 Å². The Morgan fingerprint density at radius 3 is 2.86 bits per heavy atom. The van der Waals surface area contributed by atoms with Gasteiger partial charge in [0.05, 0.1) is 5.75 Å². The Kier molecular flexibility index (Phi) is 5.43. The smallest absolute Gasteiger partial charge is 0.273 e. The highest BCUT2D eigenvalue weighted by Gasteiger charge is 2.14. The fraction of sp³-hybridized carbons (Fsp3) is 0.190. The van der Waals surface area contributed by atoms with Crippen LogP contribution in [0.1, 0.15) is 27.5 Å². The first-order valence-corrected chi connectivity index (χ1v) is 9.92. The molecule has 28 heavy (non-hydrogen) atoms. The van der Waals surface area contributed by atoms with E-state index in [0.717, 1.165) is 23.1 Å². The predicted molar refractivity (Wildman–Crippen MR) is 107 cm³/mol. The molecule has 0 radical (unpaired) electrons. The third kappa shape index (κ3) is 4.43. The molecule has 6 nitrogen and oxygen atoms in total. The number of amides is 1. The van der Waals surface area contributed by atoms with Crippen molar-refractivity contribution in [2.45, 2.75) is 24.3 Å². The number of hydrogen-bond acceptors (Lipinski definition) is 6. The average molecular weight is 393 g/mol. The maximum Gasteiger partial charge on any atom is 0.273 e. The van der Waals surface area contributed by atoms with Crippen molar-refractivity contribution in [3.63, 3.8) is 0 Å². The van der Waals surface area contributed by atoms with E-state index in [9.17, 15) is 4.79 Å². The number of thioether (sulfide) groups is 1. The van der Waals surface area contributed by atoms with E-state index < -0.39 is 0 Å². The van der Waals surface area contributed by atoms with Gasteiger partial charge in [0.1, 0.15) is 11.8 Å². The maximum absolute atomic E-state index is 12.2. The number of rotatable bonds is 7. The number of fused-ring (bicyclic) bond motifs is 1. The Hall–Kier alpha value is -3.06. The number of carbonyl (C=O) groups is 1. The summed E-state index contributed by atoms with van der Waals surface area (Å²) < 4.78 is 11.1. The van der Waals surface area contributed by atoms with Crippen LogP contribution in [0.3, 0.4) is 0 Å². The Morgan fingerprint density at radius 2 is 2.00 bits per heavy atom. The van der Waals surface area contributed by atoms with Gasteiger partial charge < -0.3 is 14.2 Å². The van der Waals surface area contributed by atoms with Gasteiger partial charge in [0.15, 0.2) is 11.3 Å². The largest absolute Gasteiger partial charge is 0.447 e. The molecule has 0 saturated heterocycles. The minimum absolute atomic E-state index is 0.242. The standard InChI is InChI=1S/C21H19N3O3S/c1-14-7-8-18-16(11-14)24-21(27-18)28-13-19-23-17(12-26-19)20(25)22-10-9-15-5-3-2-4-6-15/h2-8,11-12H,9-10,13H2,1H3,(H,22,25). The third-order valence-electron chi connectivity index (χ3n) is 4.17. The number of benzene rings is 2. The van der Waals surface area contributed by atoms with E-state index in [-0.39, 0.29) is 11.6 Å². The molecule has 0 unspecified atom stereocenters. The molecular weight excluding hydrogens is 374 g/mol. The Balaban J connectivity index is 1.30. The molecule has 2 aromatic carbocycles. The molecule has 0 aliphatic rings. The number of carbonyl (C=O) groups excluding carboxylic acids is 1. The molecule has 142 valence electrons. The van der Waals surface area contributed by atoms with Gasteiger partial charge in [-0.3, -0.25) is 4.79 Å². The number of hydrogen-bond donors (Lipinski definition) is 1. The first kappa shape index (κ1) is 18.3. The van der Waals surface area contributed by atoms with Crippen molar-refractivity contribution in [3.8, 4) is 0 Å². The van der Waals surface area contributed by atoms with Crippen LogP contribution in [0.15, 0.2) is 68.9 Å². The zero-order chi connectivity index (χ0) is 19.3. The second-order valence-electron chi connectivity index (χ2n) is 6.36. The van der Waals surface area contributed by atoms with Gasteiger partial charge in [0.2, 0.25) is 5.89 Å².